The number of hydrogen-bond donors (Lipinski definition) is 2. The van der Waals surface area contributed by atoms with Crippen LogP contribution in [-0.4, -0.2) is 11.8 Å². The fourth-order valence-electron chi connectivity index (χ4n) is 2.34. The summed E-state index contributed by atoms with van der Waals surface area (Å²) in [6.45, 7) is 3.61. The molecule has 2 amide bonds. The van der Waals surface area contributed by atoms with Crippen LogP contribution in [0.5, 0.6) is 0 Å². The van der Waals surface area contributed by atoms with E-state index in [4.69, 9.17) is 4.42 Å². The van der Waals surface area contributed by atoms with Crippen molar-refractivity contribution >= 4 is 34.2 Å². The Morgan fingerprint density at radius 1 is 0.923 bits per heavy atom. The van der Waals surface area contributed by atoms with Crippen molar-refractivity contribution in [2.24, 2.45) is 5.92 Å². The van der Waals surface area contributed by atoms with Crippen molar-refractivity contribution in [1.29, 1.82) is 0 Å². The highest BCUT2D eigenvalue weighted by Gasteiger charge is 2.14. The summed E-state index contributed by atoms with van der Waals surface area (Å²) in [5.74, 6) is -0.763. The largest absolute Gasteiger partial charge is 0.422 e. The predicted octanol–water partition coefficient (Wildman–Crippen LogP) is 3.64. The first-order valence-electron chi connectivity index (χ1n) is 8.19. The Labute approximate surface area is 149 Å². The average Bonchev–Trinajstić information content (AvgIpc) is 2.62. The molecule has 26 heavy (non-hydrogen) atoms. The van der Waals surface area contributed by atoms with Gasteiger partial charge in [-0.2, -0.15) is 0 Å². The maximum absolute atomic E-state index is 12.4. The third kappa shape index (κ3) is 3.80. The van der Waals surface area contributed by atoms with Crippen LogP contribution in [0.4, 0.5) is 11.4 Å². The second-order valence-electron chi connectivity index (χ2n) is 6.16. The Kier molecular flexibility index (Phi) is 4.84. The first-order chi connectivity index (χ1) is 12.4. The van der Waals surface area contributed by atoms with Gasteiger partial charge in [0.2, 0.25) is 5.91 Å². The molecule has 0 bridgehead atoms. The van der Waals surface area contributed by atoms with Crippen LogP contribution in [0.3, 0.4) is 0 Å². The van der Waals surface area contributed by atoms with Crippen molar-refractivity contribution in [2.75, 3.05) is 10.6 Å². The van der Waals surface area contributed by atoms with Gasteiger partial charge in [-0.1, -0.05) is 32.0 Å². The van der Waals surface area contributed by atoms with Crippen LogP contribution in [0.25, 0.3) is 11.0 Å². The maximum Gasteiger partial charge on any atom is 0.349 e. The summed E-state index contributed by atoms with van der Waals surface area (Å²) in [7, 11) is 0. The van der Waals surface area contributed by atoms with E-state index in [0.29, 0.717) is 22.3 Å². The molecule has 2 aromatic carbocycles. The molecule has 0 fully saturated rings. The number of rotatable bonds is 4. The lowest BCUT2D eigenvalue weighted by molar-refractivity contribution is -0.118. The summed E-state index contributed by atoms with van der Waals surface area (Å²) in [5.41, 5.74) is 0.805. The van der Waals surface area contributed by atoms with Crippen molar-refractivity contribution in [2.45, 2.75) is 13.8 Å². The molecule has 0 spiro atoms. The van der Waals surface area contributed by atoms with Gasteiger partial charge in [0.1, 0.15) is 11.1 Å². The first kappa shape index (κ1) is 17.4. The molecule has 3 rings (SSSR count). The van der Waals surface area contributed by atoms with Gasteiger partial charge in [0.25, 0.3) is 5.91 Å². The summed E-state index contributed by atoms with van der Waals surface area (Å²) in [5, 5.41) is 6.09. The number of hydrogen-bond acceptors (Lipinski definition) is 4. The summed E-state index contributed by atoms with van der Waals surface area (Å²) in [6, 6.07) is 15.2. The van der Waals surface area contributed by atoms with Crippen LogP contribution in [0.1, 0.15) is 24.2 Å². The van der Waals surface area contributed by atoms with E-state index in [1.807, 2.05) is 0 Å². The van der Waals surface area contributed by atoms with Gasteiger partial charge in [-0.3, -0.25) is 9.59 Å². The SMILES string of the molecule is CC(C)C(=O)Nc1ccc(NC(=O)c2cc3ccccc3oc2=O)cc1. The quantitative estimate of drug-likeness (QED) is 0.703. The molecule has 1 aromatic heterocycles. The van der Waals surface area contributed by atoms with Gasteiger partial charge in [-0.15, -0.1) is 0 Å². The summed E-state index contributed by atoms with van der Waals surface area (Å²) >= 11 is 0. The topological polar surface area (TPSA) is 88.4 Å². The predicted molar refractivity (Wildman–Crippen MR) is 100 cm³/mol. The number of para-hydroxylation sites is 1. The molecule has 0 aliphatic heterocycles. The molecule has 0 unspecified atom stereocenters. The van der Waals surface area contributed by atoms with E-state index in [1.54, 1.807) is 62.4 Å². The van der Waals surface area contributed by atoms with Crippen molar-refractivity contribution in [3.63, 3.8) is 0 Å². The molecule has 6 heteroatoms. The molecule has 0 aliphatic carbocycles. The second-order valence-corrected chi connectivity index (χ2v) is 6.16. The fourth-order valence-corrected chi connectivity index (χ4v) is 2.34. The van der Waals surface area contributed by atoms with Gasteiger partial charge in [0.15, 0.2) is 0 Å². The molecule has 0 aliphatic rings. The molecule has 3 aromatic rings. The van der Waals surface area contributed by atoms with Crippen LogP contribution in [0, 0.1) is 5.92 Å². The highest BCUT2D eigenvalue weighted by molar-refractivity contribution is 6.05. The van der Waals surface area contributed by atoms with Crippen LogP contribution < -0.4 is 16.3 Å². The first-order valence-corrected chi connectivity index (χ1v) is 8.19. The molecule has 6 nitrogen and oxygen atoms in total. The third-order valence-corrected chi connectivity index (χ3v) is 3.82. The minimum atomic E-state index is -0.693. The van der Waals surface area contributed by atoms with Crippen molar-refractivity contribution in [1.82, 2.24) is 0 Å². The summed E-state index contributed by atoms with van der Waals surface area (Å²) in [4.78, 5) is 36.1. The lowest BCUT2D eigenvalue weighted by Crippen LogP contribution is -2.20. The zero-order valence-corrected chi connectivity index (χ0v) is 14.4. The number of carbonyl (C=O) groups excluding carboxylic acids is 2. The third-order valence-electron chi connectivity index (χ3n) is 3.82. The molecule has 0 atom stereocenters. The van der Waals surface area contributed by atoms with E-state index in [-0.39, 0.29) is 17.4 Å². The summed E-state index contributed by atoms with van der Waals surface area (Å²) < 4.78 is 5.17. The molecule has 0 saturated carbocycles. The number of anilines is 2. The van der Waals surface area contributed by atoms with Crippen molar-refractivity contribution in [3.8, 4) is 0 Å². The smallest absolute Gasteiger partial charge is 0.349 e. The van der Waals surface area contributed by atoms with Gasteiger partial charge in [-0.05, 0) is 36.4 Å². The molecular weight excluding hydrogens is 332 g/mol. The number of amides is 2. The number of nitrogens with one attached hydrogen (secondary N) is 2. The van der Waals surface area contributed by atoms with Crippen LogP contribution in [0.15, 0.2) is 63.8 Å². The normalized spacial score (nSPS) is 10.7. The number of fused-ring (bicyclic) bond motifs is 1. The second kappa shape index (κ2) is 7.23. The minimum absolute atomic E-state index is 0.0686. The van der Waals surface area contributed by atoms with Gasteiger partial charge in [0.05, 0.1) is 0 Å². The lowest BCUT2D eigenvalue weighted by Gasteiger charge is -2.09. The maximum atomic E-state index is 12.4. The van der Waals surface area contributed by atoms with Crippen LogP contribution in [-0.2, 0) is 4.79 Å². The minimum Gasteiger partial charge on any atom is -0.422 e. The highest BCUT2D eigenvalue weighted by Crippen LogP contribution is 2.17. The Bertz CT molecular complexity index is 1020. The zero-order valence-electron chi connectivity index (χ0n) is 14.4. The Balaban J connectivity index is 1.77. The van der Waals surface area contributed by atoms with Gasteiger partial charge >= 0.3 is 5.63 Å². The molecule has 2 N–H and O–H groups in total. The zero-order chi connectivity index (χ0) is 18.7. The average molecular weight is 350 g/mol. The monoisotopic (exact) mass is 350 g/mol. The molecular formula is C20H18N2O4. The van der Waals surface area contributed by atoms with Crippen LogP contribution in [0.2, 0.25) is 0 Å². The van der Waals surface area contributed by atoms with Crippen molar-refractivity contribution < 1.29 is 14.0 Å². The lowest BCUT2D eigenvalue weighted by atomic mass is 10.1. The molecule has 0 saturated heterocycles. The summed E-state index contributed by atoms with van der Waals surface area (Å²) in [6.07, 6.45) is 0. The van der Waals surface area contributed by atoms with E-state index in [0.717, 1.165) is 0 Å². The highest BCUT2D eigenvalue weighted by atomic mass is 16.4. The fraction of sp³-hybridized carbons (Fsp3) is 0.150. The Hall–Kier alpha value is -3.41. The molecule has 0 radical (unpaired) electrons. The van der Waals surface area contributed by atoms with E-state index in [2.05, 4.69) is 10.6 Å². The van der Waals surface area contributed by atoms with Gasteiger partial charge in [-0.25, -0.2) is 4.79 Å². The van der Waals surface area contributed by atoms with Gasteiger partial charge in [0, 0.05) is 22.7 Å². The Morgan fingerprint density at radius 3 is 2.19 bits per heavy atom. The van der Waals surface area contributed by atoms with Crippen LogP contribution >= 0.6 is 0 Å². The number of carbonyl (C=O) groups is 2. The molecule has 1 heterocycles. The van der Waals surface area contributed by atoms with E-state index >= 15 is 0 Å². The van der Waals surface area contributed by atoms with E-state index in [1.165, 1.54) is 6.07 Å². The van der Waals surface area contributed by atoms with Gasteiger partial charge < -0.3 is 15.1 Å². The molecule has 132 valence electrons. The Morgan fingerprint density at radius 2 is 1.54 bits per heavy atom. The van der Waals surface area contributed by atoms with E-state index < -0.39 is 11.5 Å². The number of benzene rings is 2. The standard InChI is InChI=1S/C20H18N2O4/c1-12(2)18(23)21-14-7-9-15(10-8-14)22-19(24)16-11-13-5-3-4-6-17(13)26-20(16)25/h3-12H,1-2H3,(H,21,23)(H,22,24). The van der Waals surface area contributed by atoms with E-state index in [9.17, 15) is 14.4 Å². The van der Waals surface area contributed by atoms with Crippen molar-refractivity contribution in [3.05, 3.63) is 70.6 Å².